The minimum Gasteiger partial charge on any atom is -0.381 e. The van der Waals surface area contributed by atoms with Gasteiger partial charge in [0.05, 0.1) is 0 Å². The molecule has 0 bridgehead atoms. The molecule has 0 radical (unpaired) electrons. The lowest BCUT2D eigenvalue weighted by molar-refractivity contribution is 0.0390. The van der Waals surface area contributed by atoms with Crippen LogP contribution in [-0.4, -0.2) is 43.3 Å². The van der Waals surface area contributed by atoms with Crippen LogP contribution >= 0.6 is 0 Å². The average molecular weight is 196 g/mol. The van der Waals surface area contributed by atoms with Crippen molar-refractivity contribution in [2.45, 2.75) is 24.8 Å². The zero-order valence-corrected chi connectivity index (χ0v) is 8.74. The molecule has 80 valence electrons. The molecule has 2 aliphatic heterocycles. The summed E-state index contributed by atoms with van der Waals surface area (Å²) in [4.78, 5) is 2.45. The number of nitrogens with zero attached hydrogens (tertiary/aromatic N) is 1. The summed E-state index contributed by atoms with van der Waals surface area (Å²) in [6.07, 6.45) is 7.68. The van der Waals surface area contributed by atoms with Crippen LogP contribution in [0.15, 0.2) is 12.2 Å². The van der Waals surface area contributed by atoms with E-state index >= 15 is 0 Å². The number of rotatable bonds is 2. The van der Waals surface area contributed by atoms with Gasteiger partial charge in [0.2, 0.25) is 0 Å². The Kier molecular flexibility index (Phi) is 3.21. The van der Waals surface area contributed by atoms with Crippen LogP contribution in [0.1, 0.15) is 19.3 Å². The van der Waals surface area contributed by atoms with Gasteiger partial charge in [-0.15, -0.1) is 0 Å². The SMILES string of the molecule is NC1(CN2CC=CCC2)CCOCC1. The van der Waals surface area contributed by atoms with E-state index in [0.717, 1.165) is 45.7 Å². The molecule has 14 heavy (non-hydrogen) atoms. The van der Waals surface area contributed by atoms with Gasteiger partial charge in [0, 0.05) is 38.4 Å². The Balaban J connectivity index is 1.85. The van der Waals surface area contributed by atoms with Crippen molar-refractivity contribution in [2.75, 3.05) is 32.8 Å². The highest BCUT2D eigenvalue weighted by Gasteiger charge is 2.29. The van der Waals surface area contributed by atoms with Crippen molar-refractivity contribution in [2.24, 2.45) is 5.73 Å². The van der Waals surface area contributed by atoms with Crippen LogP contribution < -0.4 is 5.73 Å². The average Bonchev–Trinajstić information content (AvgIpc) is 2.19. The smallest absolute Gasteiger partial charge is 0.0484 e. The quantitative estimate of drug-likeness (QED) is 0.663. The molecule has 2 N–H and O–H groups in total. The Morgan fingerprint density at radius 1 is 1.29 bits per heavy atom. The number of nitrogens with two attached hydrogens (primary N) is 1. The molecule has 1 saturated heterocycles. The predicted molar refractivity (Wildman–Crippen MR) is 57.2 cm³/mol. The van der Waals surface area contributed by atoms with Crippen LogP contribution in [0.5, 0.6) is 0 Å². The first kappa shape index (κ1) is 10.1. The van der Waals surface area contributed by atoms with Crippen LogP contribution in [0.4, 0.5) is 0 Å². The minimum atomic E-state index is 0.00340. The summed E-state index contributed by atoms with van der Waals surface area (Å²) < 4.78 is 5.34. The van der Waals surface area contributed by atoms with E-state index in [4.69, 9.17) is 10.5 Å². The summed E-state index contributed by atoms with van der Waals surface area (Å²) in [5.41, 5.74) is 6.35. The second kappa shape index (κ2) is 4.43. The standard InChI is InChI=1S/C11H20N2O/c12-11(4-8-14-9-5-11)10-13-6-2-1-3-7-13/h1-2H,3-10,12H2. The molecule has 1 fully saturated rings. The van der Waals surface area contributed by atoms with E-state index in [-0.39, 0.29) is 5.54 Å². The fraction of sp³-hybridized carbons (Fsp3) is 0.818. The molecular weight excluding hydrogens is 176 g/mol. The number of hydrogen-bond acceptors (Lipinski definition) is 3. The summed E-state index contributed by atoms with van der Waals surface area (Å²) >= 11 is 0. The second-order valence-corrected chi connectivity index (χ2v) is 4.47. The first-order valence-electron chi connectivity index (χ1n) is 5.53. The second-order valence-electron chi connectivity index (χ2n) is 4.47. The maximum Gasteiger partial charge on any atom is 0.0484 e. The van der Waals surface area contributed by atoms with Crippen molar-refractivity contribution in [1.29, 1.82) is 0 Å². The highest BCUT2D eigenvalue weighted by Crippen LogP contribution is 2.19. The van der Waals surface area contributed by atoms with Crippen molar-refractivity contribution >= 4 is 0 Å². The third-order valence-corrected chi connectivity index (χ3v) is 3.17. The topological polar surface area (TPSA) is 38.5 Å². The normalized spacial score (nSPS) is 27.8. The summed E-state index contributed by atoms with van der Waals surface area (Å²) in [5, 5.41) is 0. The number of ether oxygens (including phenoxy) is 1. The lowest BCUT2D eigenvalue weighted by atomic mass is 9.90. The zero-order valence-electron chi connectivity index (χ0n) is 8.74. The molecule has 0 aromatic rings. The molecule has 0 aromatic carbocycles. The third-order valence-electron chi connectivity index (χ3n) is 3.17. The van der Waals surface area contributed by atoms with Crippen molar-refractivity contribution in [3.8, 4) is 0 Å². The van der Waals surface area contributed by atoms with Crippen molar-refractivity contribution in [1.82, 2.24) is 4.90 Å². The largest absolute Gasteiger partial charge is 0.381 e. The Morgan fingerprint density at radius 3 is 2.71 bits per heavy atom. The Morgan fingerprint density at radius 2 is 2.07 bits per heavy atom. The van der Waals surface area contributed by atoms with E-state index in [9.17, 15) is 0 Å². The van der Waals surface area contributed by atoms with Gasteiger partial charge in [0.15, 0.2) is 0 Å². The highest BCUT2D eigenvalue weighted by molar-refractivity contribution is 4.96. The molecule has 3 nitrogen and oxygen atoms in total. The molecule has 2 rings (SSSR count). The van der Waals surface area contributed by atoms with Crippen LogP contribution in [-0.2, 0) is 4.74 Å². The summed E-state index contributed by atoms with van der Waals surface area (Å²) in [5.74, 6) is 0. The van der Waals surface area contributed by atoms with Crippen LogP contribution in [0.3, 0.4) is 0 Å². The lowest BCUT2D eigenvalue weighted by Crippen LogP contribution is -2.54. The van der Waals surface area contributed by atoms with Gasteiger partial charge in [0.25, 0.3) is 0 Å². The van der Waals surface area contributed by atoms with Gasteiger partial charge in [0.1, 0.15) is 0 Å². The molecule has 3 heteroatoms. The summed E-state index contributed by atoms with van der Waals surface area (Å²) in [6, 6.07) is 0. The minimum absolute atomic E-state index is 0.00340. The lowest BCUT2D eigenvalue weighted by Gasteiger charge is -2.38. The van der Waals surface area contributed by atoms with Crippen molar-refractivity contribution in [3.05, 3.63) is 12.2 Å². The van der Waals surface area contributed by atoms with E-state index in [0.29, 0.717) is 0 Å². The Hall–Kier alpha value is -0.380. The van der Waals surface area contributed by atoms with Gasteiger partial charge in [-0.1, -0.05) is 12.2 Å². The van der Waals surface area contributed by atoms with Gasteiger partial charge in [-0.3, -0.25) is 4.90 Å². The maximum absolute atomic E-state index is 6.34. The van der Waals surface area contributed by atoms with E-state index < -0.39 is 0 Å². The fourth-order valence-electron chi connectivity index (χ4n) is 2.21. The molecule has 0 unspecified atom stereocenters. The van der Waals surface area contributed by atoms with Crippen LogP contribution in [0.25, 0.3) is 0 Å². The predicted octanol–water partition coefficient (Wildman–Crippen LogP) is 0.756. The van der Waals surface area contributed by atoms with E-state index in [1.165, 1.54) is 6.42 Å². The molecule has 2 heterocycles. The summed E-state index contributed by atoms with van der Waals surface area (Å²) in [7, 11) is 0. The Labute approximate surface area is 85.9 Å². The van der Waals surface area contributed by atoms with Gasteiger partial charge in [-0.25, -0.2) is 0 Å². The van der Waals surface area contributed by atoms with Gasteiger partial charge in [-0.2, -0.15) is 0 Å². The fourth-order valence-corrected chi connectivity index (χ4v) is 2.21. The molecule has 0 spiro atoms. The molecular formula is C11H20N2O. The first-order valence-corrected chi connectivity index (χ1v) is 5.53. The van der Waals surface area contributed by atoms with Gasteiger partial charge < -0.3 is 10.5 Å². The number of hydrogen-bond donors (Lipinski definition) is 1. The molecule has 0 aromatic heterocycles. The zero-order chi connectivity index (χ0) is 9.86. The Bertz CT molecular complexity index is 209. The molecule has 2 aliphatic rings. The highest BCUT2D eigenvalue weighted by atomic mass is 16.5. The molecule has 0 amide bonds. The molecule has 0 aliphatic carbocycles. The molecule has 0 atom stereocenters. The van der Waals surface area contributed by atoms with Crippen molar-refractivity contribution < 1.29 is 4.74 Å². The first-order chi connectivity index (χ1) is 6.79. The van der Waals surface area contributed by atoms with Gasteiger partial charge in [-0.05, 0) is 19.3 Å². The van der Waals surface area contributed by atoms with Crippen LogP contribution in [0.2, 0.25) is 0 Å². The third kappa shape index (κ3) is 2.56. The van der Waals surface area contributed by atoms with Crippen LogP contribution in [0, 0.1) is 0 Å². The molecule has 0 saturated carbocycles. The van der Waals surface area contributed by atoms with Crippen molar-refractivity contribution in [3.63, 3.8) is 0 Å². The van der Waals surface area contributed by atoms with E-state index in [2.05, 4.69) is 17.1 Å². The monoisotopic (exact) mass is 196 g/mol. The maximum atomic E-state index is 6.34. The van der Waals surface area contributed by atoms with E-state index in [1.807, 2.05) is 0 Å². The summed E-state index contributed by atoms with van der Waals surface area (Å²) in [6.45, 7) is 4.93. The van der Waals surface area contributed by atoms with E-state index in [1.54, 1.807) is 0 Å². The van der Waals surface area contributed by atoms with Gasteiger partial charge >= 0.3 is 0 Å².